The number of aliphatic hydroxyl groups is 1. The van der Waals surface area contributed by atoms with E-state index in [2.05, 4.69) is 72.7 Å². The zero-order valence-corrected chi connectivity index (χ0v) is 19.4. The van der Waals surface area contributed by atoms with Crippen molar-refractivity contribution in [2.45, 2.75) is 45.1 Å². The normalized spacial score (nSPS) is 20.4. The van der Waals surface area contributed by atoms with E-state index < -0.39 is 0 Å². The molecule has 0 aliphatic heterocycles. The Bertz CT molecular complexity index is 928. The third kappa shape index (κ3) is 5.54. The first-order valence-electron chi connectivity index (χ1n) is 9.54. The topological polar surface area (TPSA) is 68.1 Å². The van der Waals surface area contributed by atoms with Crippen LogP contribution >= 0.6 is 31.9 Å². The molecule has 1 aromatic rings. The van der Waals surface area contributed by atoms with E-state index in [4.69, 9.17) is 4.74 Å². The molecule has 1 aromatic heterocycles. The van der Waals surface area contributed by atoms with Gasteiger partial charge >= 0.3 is 6.01 Å². The van der Waals surface area contributed by atoms with Gasteiger partial charge in [-0.2, -0.15) is 0 Å². The van der Waals surface area contributed by atoms with Gasteiger partial charge in [-0.05, 0) is 80.3 Å². The van der Waals surface area contributed by atoms with Crippen molar-refractivity contribution in [2.24, 2.45) is 0 Å². The quantitative estimate of drug-likeness (QED) is 0.464. The van der Waals surface area contributed by atoms with E-state index >= 15 is 0 Å². The van der Waals surface area contributed by atoms with Crippen LogP contribution in [0.2, 0.25) is 0 Å². The lowest BCUT2D eigenvalue weighted by Crippen LogP contribution is -2.22. The Morgan fingerprint density at radius 2 is 2.14 bits per heavy atom. The first-order chi connectivity index (χ1) is 14.0. The Hall–Kier alpha value is -1.99. The molecule has 2 aliphatic rings. The maximum Gasteiger partial charge on any atom is 0.335 e. The summed E-state index contributed by atoms with van der Waals surface area (Å²) in [7, 11) is 0. The number of aliphatic hydroxyl groups excluding tert-OH is 1. The predicted octanol–water partition coefficient (Wildman–Crippen LogP) is 6.48. The van der Waals surface area contributed by atoms with Crippen molar-refractivity contribution in [3.63, 3.8) is 0 Å². The Morgan fingerprint density at radius 3 is 2.83 bits per heavy atom. The lowest BCUT2D eigenvalue weighted by atomic mass is 9.89. The van der Waals surface area contributed by atoms with Crippen LogP contribution in [0.4, 0.5) is 0 Å². The molecular formula is C22H23Br2N3O2. The predicted molar refractivity (Wildman–Crippen MR) is 123 cm³/mol. The Morgan fingerprint density at radius 1 is 1.31 bits per heavy atom. The standard InChI is InChI=1S/C22H23Br2N3O2/c1-3-5-6-15-7-9-17(11-14(15)4-2)29-22-25-13-20(26-27-22)16-8-10-18(23)21(28)19(24)12-16/h4-6,10,12-13,17,28H,2-3,7-9,11H2,1H3/b6-5-. The van der Waals surface area contributed by atoms with Gasteiger partial charge in [0.25, 0.3) is 0 Å². The van der Waals surface area contributed by atoms with Crippen molar-refractivity contribution in [2.75, 3.05) is 0 Å². The van der Waals surface area contributed by atoms with E-state index in [1.54, 1.807) is 6.20 Å². The summed E-state index contributed by atoms with van der Waals surface area (Å²) in [6.45, 7) is 6.07. The van der Waals surface area contributed by atoms with Gasteiger partial charge in [-0.1, -0.05) is 42.9 Å². The van der Waals surface area contributed by atoms with Gasteiger partial charge in [0.1, 0.15) is 17.6 Å². The molecule has 7 heteroatoms. The average Bonchev–Trinajstić information content (AvgIpc) is 2.87. The SMILES string of the molecule is C=CC1=C(/C=C\CC)CCC(Oc2ncc(C3=CC(Br)=C(O)C(Br)=CC3)nn2)C1. The number of hydrogen-bond acceptors (Lipinski definition) is 5. The number of aromatic nitrogens is 3. The molecule has 3 rings (SSSR count). The molecule has 1 N–H and O–H groups in total. The van der Waals surface area contributed by atoms with Crippen LogP contribution in [0.5, 0.6) is 6.01 Å². The molecule has 1 unspecified atom stereocenters. The second-order valence-electron chi connectivity index (χ2n) is 6.80. The lowest BCUT2D eigenvalue weighted by molar-refractivity contribution is 0.168. The van der Waals surface area contributed by atoms with Crippen LogP contribution in [0.3, 0.4) is 0 Å². The summed E-state index contributed by atoms with van der Waals surface area (Å²) < 4.78 is 7.18. The Labute approximate surface area is 187 Å². The van der Waals surface area contributed by atoms with Crippen LogP contribution in [0.1, 0.15) is 44.7 Å². The molecule has 0 aromatic carbocycles. The van der Waals surface area contributed by atoms with E-state index in [1.165, 1.54) is 11.1 Å². The zero-order chi connectivity index (χ0) is 20.8. The summed E-state index contributed by atoms with van der Waals surface area (Å²) in [5, 5.41) is 18.4. The van der Waals surface area contributed by atoms with Gasteiger partial charge in [-0.25, -0.2) is 4.98 Å². The van der Waals surface area contributed by atoms with Crippen molar-refractivity contribution >= 4 is 37.4 Å². The van der Waals surface area contributed by atoms with E-state index in [9.17, 15) is 5.11 Å². The number of nitrogens with zero attached hydrogens (tertiary/aromatic N) is 3. The minimum absolute atomic E-state index is 0.0134. The molecule has 1 atom stereocenters. The molecule has 0 saturated heterocycles. The van der Waals surface area contributed by atoms with Crippen LogP contribution < -0.4 is 4.74 Å². The molecule has 2 aliphatic carbocycles. The van der Waals surface area contributed by atoms with Crippen LogP contribution in [0, 0.1) is 0 Å². The van der Waals surface area contributed by atoms with Gasteiger partial charge in [0.05, 0.1) is 15.2 Å². The molecule has 0 spiro atoms. The van der Waals surface area contributed by atoms with E-state index in [1.807, 2.05) is 18.2 Å². The summed E-state index contributed by atoms with van der Waals surface area (Å²) in [4.78, 5) is 4.34. The van der Waals surface area contributed by atoms with E-state index in [0.717, 1.165) is 31.3 Å². The highest BCUT2D eigenvalue weighted by Gasteiger charge is 2.21. The van der Waals surface area contributed by atoms with Crippen molar-refractivity contribution < 1.29 is 9.84 Å². The largest absolute Gasteiger partial charge is 0.506 e. The van der Waals surface area contributed by atoms with Crippen LogP contribution in [0.25, 0.3) is 5.57 Å². The van der Waals surface area contributed by atoms with Crippen LogP contribution in [-0.4, -0.2) is 26.4 Å². The molecule has 0 radical (unpaired) electrons. The summed E-state index contributed by atoms with van der Waals surface area (Å²) in [6.07, 6.45) is 15.9. The highest BCUT2D eigenvalue weighted by Crippen LogP contribution is 2.32. The van der Waals surface area contributed by atoms with E-state index in [0.29, 0.717) is 21.1 Å². The molecule has 152 valence electrons. The third-order valence-corrected chi connectivity index (χ3v) is 6.10. The van der Waals surface area contributed by atoms with Gasteiger partial charge in [0.15, 0.2) is 0 Å². The first-order valence-corrected chi connectivity index (χ1v) is 11.1. The summed E-state index contributed by atoms with van der Waals surface area (Å²) in [5.41, 5.74) is 4.08. The first kappa shape index (κ1) is 21.7. The Kier molecular flexibility index (Phi) is 7.61. The lowest BCUT2D eigenvalue weighted by Gasteiger charge is -2.24. The molecule has 0 fully saturated rings. The van der Waals surface area contributed by atoms with Crippen molar-refractivity contribution in [3.8, 4) is 6.01 Å². The average molecular weight is 521 g/mol. The van der Waals surface area contributed by atoms with Gasteiger partial charge < -0.3 is 9.84 Å². The minimum Gasteiger partial charge on any atom is -0.506 e. The fraction of sp³-hybridized carbons (Fsp3) is 0.318. The van der Waals surface area contributed by atoms with E-state index in [-0.39, 0.29) is 17.9 Å². The molecule has 1 heterocycles. The summed E-state index contributed by atoms with van der Waals surface area (Å²) in [5.74, 6) is 0.150. The second kappa shape index (κ2) is 10.2. The maximum absolute atomic E-state index is 10.0. The summed E-state index contributed by atoms with van der Waals surface area (Å²) in [6, 6.07) is 0.276. The van der Waals surface area contributed by atoms with Crippen molar-refractivity contribution in [1.82, 2.24) is 15.2 Å². The fourth-order valence-corrected chi connectivity index (χ4v) is 4.34. The molecule has 29 heavy (non-hydrogen) atoms. The van der Waals surface area contributed by atoms with Gasteiger partial charge in [0, 0.05) is 6.42 Å². The molecule has 0 bridgehead atoms. The van der Waals surface area contributed by atoms with Gasteiger partial charge in [-0.3, -0.25) is 0 Å². The van der Waals surface area contributed by atoms with Crippen LogP contribution in [0.15, 0.2) is 69.0 Å². The molecule has 0 saturated carbocycles. The number of halogens is 2. The molecule has 0 amide bonds. The highest BCUT2D eigenvalue weighted by atomic mass is 79.9. The number of allylic oxidation sites excluding steroid dienone is 9. The van der Waals surface area contributed by atoms with Crippen molar-refractivity contribution in [3.05, 3.63) is 74.7 Å². The molecule has 5 nitrogen and oxygen atoms in total. The number of ether oxygens (including phenoxy) is 1. The zero-order valence-electron chi connectivity index (χ0n) is 16.2. The smallest absolute Gasteiger partial charge is 0.335 e. The fourth-order valence-electron chi connectivity index (χ4n) is 3.20. The monoisotopic (exact) mass is 519 g/mol. The van der Waals surface area contributed by atoms with Gasteiger partial charge in [-0.15, -0.1) is 5.10 Å². The van der Waals surface area contributed by atoms with Crippen molar-refractivity contribution in [1.29, 1.82) is 0 Å². The second-order valence-corrected chi connectivity index (χ2v) is 8.50. The summed E-state index contributed by atoms with van der Waals surface area (Å²) >= 11 is 6.71. The highest BCUT2D eigenvalue weighted by molar-refractivity contribution is 9.12. The third-order valence-electron chi connectivity index (χ3n) is 4.79. The molecular weight excluding hydrogens is 498 g/mol. The Balaban J connectivity index is 1.69. The minimum atomic E-state index is 0.0134. The van der Waals surface area contributed by atoms with Gasteiger partial charge in [0.2, 0.25) is 0 Å². The number of rotatable bonds is 6. The van der Waals surface area contributed by atoms with Crippen LogP contribution in [-0.2, 0) is 0 Å². The maximum atomic E-state index is 10.0. The number of hydrogen-bond donors (Lipinski definition) is 1.